The zero-order valence-electron chi connectivity index (χ0n) is 38.3. The van der Waals surface area contributed by atoms with E-state index in [-0.39, 0.29) is 64.6 Å². The molecule has 0 saturated carbocycles. The van der Waals surface area contributed by atoms with Gasteiger partial charge >= 0.3 is 0 Å². The number of benzene rings is 2. The van der Waals surface area contributed by atoms with Crippen LogP contribution in [0.1, 0.15) is 108 Å². The summed E-state index contributed by atoms with van der Waals surface area (Å²) in [5.41, 5.74) is 12.4. The minimum absolute atomic E-state index is 0.0680. The van der Waals surface area contributed by atoms with Crippen LogP contribution in [0.4, 0.5) is 0 Å². The van der Waals surface area contributed by atoms with E-state index in [4.69, 9.17) is 10.5 Å². The molecule has 0 radical (unpaired) electrons. The Bertz CT molecular complexity index is 1690. The largest absolute Gasteiger partial charge is 0.504 e. The molecule has 2 aromatic carbocycles. The van der Waals surface area contributed by atoms with Gasteiger partial charge in [-0.2, -0.15) is 17.6 Å². The molecule has 19 heteroatoms. The molecular formula is C46H70N8O8S3. The summed E-state index contributed by atoms with van der Waals surface area (Å²) in [6.45, 7) is 4.87. The van der Waals surface area contributed by atoms with E-state index < -0.39 is 0 Å². The summed E-state index contributed by atoms with van der Waals surface area (Å²) in [6, 6.07) is 20.2. The second-order valence-corrected chi connectivity index (χ2v) is 16.4. The number of terminal acetylenes is 1. The summed E-state index contributed by atoms with van der Waals surface area (Å²) in [4.78, 5) is 77.0. The molecule has 8 N–H and O–H groups in total. The van der Waals surface area contributed by atoms with Gasteiger partial charge in [-0.25, -0.2) is 0 Å². The zero-order valence-corrected chi connectivity index (χ0v) is 40.8. The van der Waals surface area contributed by atoms with Gasteiger partial charge in [-0.1, -0.05) is 120 Å². The number of nitrogens with one attached hydrogen (secondary N) is 4. The van der Waals surface area contributed by atoms with Crippen molar-refractivity contribution in [2.75, 3.05) is 44.6 Å². The van der Waals surface area contributed by atoms with Crippen LogP contribution in [-0.2, 0) is 38.3 Å². The lowest BCUT2D eigenvalue weighted by molar-refractivity contribution is -0.122. The Morgan fingerprint density at radius 3 is 1.66 bits per heavy atom. The number of nitrogens with two attached hydrogens (primary N) is 2. The Labute approximate surface area is 399 Å². The topological polar surface area (TPSA) is 246 Å². The van der Waals surface area contributed by atoms with Gasteiger partial charge in [0.1, 0.15) is 18.8 Å². The standard InChI is InChI=1S/C23H40N6O6S2.C19H23NO.C2H5NOS.C2H2/c1-18(29-35-3)27-20(30)10-6-4-8-13-25-22(32)16-36-37-17-23(33)26-14-9-5-7-11-21(31)28-19(24)12-15-34-2;1-2-3-6-15-18(21)20-19(16-11-7-4-8-12-16)17-13-9-5-10-14-17;3-2(4)1-5;1-2/h12,15H,4-11,13-14,16-17H2,1-3H3,(H,25,32)(H,26,33)(H2,24,28,31)(H,27,29,30);4-5,7-14,19H,2-3,6,15H2,1H3,(H,20,21);5H,1H2,(H2,3,4);1-2H/b15-12-;;;. The number of hydrogen-bond donors (Lipinski definition) is 7. The van der Waals surface area contributed by atoms with Crippen LogP contribution in [-0.4, -0.2) is 91.7 Å². The van der Waals surface area contributed by atoms with E-state index in [1.807, 2.05) is 36.4 Å². The summed E-state index contributed by atoms with van der Waals surface area (Å²) in [5.74, 6) is 0.344. The first-order chi connectivity index (χ1) is 31.4. The second kappa shape index (κ2) is 43.8. The van der Waals surface area contributed by atoms with Crippen molar-refractivity contribution in [2.24, 2.45) is 21.6 Å². The predicted octanol–water partition coefficient (Wildman–Crippen LogP) is 5.98. The number of methoxy groups -OCH3 is 1. The molecule has 2 rings (SSSR count). The number of thiol groups is 1. The highest BCUT2D eigenvalue weighted by Gasteiger charge is 2.16. The number of oxime groups is 1. The highest BCUT2D eigenvalue weighted by Crippen LogP contribution is 2.22. The highest BCUT2D eigenvalue weighted by atomic mass is 33.1. The van der Waals surface area contributed by atoms with Gasteiger partial charge in [0.05, 0.1) is 36.7 Å². The predicted molar refractivity (Wildman–Crippen MR) is 269 cm³/mol. The lowest BCUT2D eigenvalue weighted by Gasteiger charge is -2.20. The number of amides is 6. The Balaban J connectivity index is 0. The van der Waals surface area contributed by atoms with E-state index in [1.54, 1.807) is 6.92 Å². The number of primary amides is 1. The molecule has 0 aliphatic rings. The molecule has 0 saturated heterocycles. The van der Waals surface area contributed by atoms with Crippen LogP contribution in [0.15, 0.2) is 83.1 Å². The maximum Gasteiger partial charge on any atom is 0.247 e. The molecule has 2 aromatic rings. The van der Waals surface area contributed by atoms with Gasteiger partial charge in [0.15, 0.2) is 0 Å². The maximum absolute atomic E-state index is 12.2. The molecule has 0 fully saturated rings. The Kier molecular flexibility index (Phi) is 41.5. The van der Waals surface area contributed by atoms with Gasteiger partial charge in [0.2, 0.25) is 35.4 Å². The number of aliphatic imine (C=N–C) groups is 1. The molecule has 0 aliphatic carbocycles. The fourth-order valence-corrected chi connectivity index (χ4v) is 6.86. The Morgan fingerprint density at radius 2 is 1.20 bits per heavy atom. The first-order valence-corrected chi connectivity index (χ1v) is 24.3. The van der Waals surface area contributed by atoms with E-state index in [2.05, 4.69) is 98.7 Å². The van der Waals surface area contributed by atoms with Crippen molar-refractivity contribution in [3.05, 3.63) is 84.1 Å². The maximum atomic E-state index is 12.2. The van der Waals surface area contributed by atoms with Crippen LogP contribution in [0.2, 0.25) is 0 Å². The number of ether oxygens (including phenoxy) is 1. The fourth-order valence-electron chi connectivity index (χ4n) is 5.13. The molecule has 0 bridgehead atoms. The number of hydrogen-bond acceptors (Lipinski definition) is 12. The SMILES string of the molecule is C#C.CCCCCC(=O)NC(c1ccccc1)c1ccccc1.CO/C=C\C(N)=NC(=O)CCCCCNC(=O)CSSCC(=O)NCCCCCC(=O)N/C(C)=N/OC.NC(=O)CS. The van der Waals surface area contributed by atoms with Crippen molar-refractivity contribution in [2.45, 2.75) is 96.9 Å². The minimum atomic E-state index is -0.381. The van der Waals surface area contributed by atoms with E-state index >= 15 is 0 Å². The Hall–Kier alpha value is -5.45. The lowest BCUT2D eigenvalue weighted by atomic mass is 9.98. The number of rotatable bonds is 28. The van der Waals surface area contributed by atoms with E-state index in [0.29, 0.717) is 44.6 Å². The van der Waals surface area contributed by atoms with Gasteiger partial charge in [0, 0.05) is 38.4 Å². The molecule has 0 aromatic heterocycles. The molecule has 65 heavy (non-hydrogen) atoms. The van der Waals surface area contributed by atoms with Crippen molar-refractivity contribution in [1.82, 2.24) is 21.3 Å². The fraction of sp³-hybridized carbons (Fsp3) is 0.478. The number of nitrogens with zero attached hydrogens (tertiary/aromatic N) is 2. The van der Waals surface area contributed by atoms with Gasteiger partial charge < -0.3 is 42.3 Å². The molecule has 0 spiro atoms. The molecule has 6 amide bonds. The van der Waals surface area contributed by atoms with Crippen LogP contribution in [0.3, 0.4) is 0 Å². The van der Waals surface area contributed by atoms with Crippen LogP contribution in [0, 0.1) is 12.8 Å². The van der Waals surface area contributed by atoms with Gasteiger partial charge in [-0.05, 0) is 50.2 Å². The zero-order chi connectivity index (χ0) is 48.9. The van der Waals surface area contributed by atoms with Crippen molar-refractivity contribution in [3.63, 3.8) is 0 Å². The van der Waals surface area contributed by atoms with Gasteiger partial charge in [-0.15, -0.1) is 12.8 Å². The first kappa shape index (κ1) is 61.6. The molecule has 0 unspecified atom stereocenters. The van der Waals surface area contributed by atoms with Crippen LogP contribution in [0.25, 0.3) is 0 Å². The average Bonchev–Trinajstić information content (AvgIpc) is 3.30. The lowest BCUT2D eigenvalue weighted by Crippen LogP contribution is -2.29. The summed E-state index contributed by atoms with van der Waals surface area (Å²) in [6.07, 6.45) is 19.8. The number of amidine groups is 2. The number of unbranched alkanes of at least 4 members (excludes halogenated alkanes) is 6. The van der Waals surface area contributed by atoms with Crippen molar-refractivity contribution in [3.8, 4) is 12.8 Å². The quantitative estimate of drug-likeness (QED) is 0.00764. The smallest absolute Gasteiger partial charge is 0.247 e. The summed E-state index contributed by atoms with van der Waals surface area (Å²) >= 11 is 3.54. The summed E-state index contributed by atoms with van der Waals surface area (Å²) < 4.78 is 4.70. The molecule has 360 valence electrons. The van der Waals surface area contributed by atoms with E-state index in [1.165, 1.54) is 48.1 Å². The van der Waals surface area contributed by atoms with Crippen LogP contribution >= 0.6 is 34.2 Å². The summed E-state index contributed by atoms with van der Waals surface area (Å²) in [7, 11) is 5.54. The minimum Gasteiger partial charge on any atom is -0.504 e. The van der Waals surface area contributed by atoms with Crippen molar-refractivity contribution in [1.29, 1.82) is 0 Å². The number of carbonyl (C=O) groups excluding carboxylic acids is 6. The number of carbonyl (C=O) groups is 6. The third kappa shape index (κ3) is 38.7. The van der Waals surface area contributed by atoms with Crippen molar-refractivity contribution < 1.29 is 38.3 Å². The third-order valence-electron chi connectivity index (χ3n) is 8.17. The molecule has 0 aliphatic heterocycles. The van der Waals surface area contributed by atoms with Crippen LogP contribution < -0.4 is 32.7 Å². The highest BCUT2D eigenvalue weighted by molar-refractivity contribution is 8.77. The monoisotopic (exact) mass is 958 g/mol. The Morgan fingerprint density at radius 1 is 0.723 bits per heavy atom. The van der Waals surface area contributed by atoms with E-state index in [9.17, 15) is 28.8 Å². The molecule has 16 nitrogen and oxygen atoms in total. The van der Waals surface area contributed by atoms with E-state index in [0.717, 1.165) is 62.5 Å². The average molecular weight is 959 g/mol. The van der Waals surface area contributed by atoms with Gasteiger partial charge in [-0.3, -0.25) is 28.8 Å². The first-order valence-electron chi connectivity index (χ1n) is 21.2. The van der Waals surface area contributed by atoms with Crippen molar-refractivity contribution >= 4 is 81.3 Å². The normalized spacial score (nSPS) is 10.7. The molecule has 0 heterocycles. The second-order valence-electron chi connectivity index (χ2n) is 13.6. The molecular weight excluding hydrogens is 889 g/mol. The molecule has 0 atom stereocenters. The summed E-state index contributed by atoms with van der Waals surface area (Å²) in [5, 5.41) is 15.1. The third-order valence-corrected chi connectivity index (χ3v) is 10.6. The van der Waals surface area contributed by atoms with Gasteiger partial charge in [0.25, 0.3) is 0 Å². The van der Waals surface area contributed by atoms with Crippen LogP contribution in [0.5, 0.6) is 0 Å².